The fourth-order valence-corrected chi connectivity index (χ4v) is 5.75. The summed E-state index contributed by atoms with van der Waals surface area (Å²) in [6.45, 7) is 3.80. The van der Waals surface area contributed by atoms with Gasteiger partial charge in [0.05, 0.1) is 0 Å². The molecule has 2 aromatic carbocycles. The molecule has 8 nitrogen and oxygen atoms in total. The van der Waals surface area contributed by atoms with Crippen LogP contribution in [0.15, 0.2) is 40.7 Å². The van der Waals surface area contributed by atoms with Crippen LogP contribution >= 0.6 is 0 Å². The number of amidine groups is 1. The van der Waals surface area contributed by atoms with Gasteiger partial charge in [0.2, 0.25) is 10.0 Å². The molecule has 0 bridgehead atoms. The standard InChI is InChI=1S/C25H26F4N4O4S/c1-15-12-18(30-3)13-16(2)19(15)6-11-38(35,36)33-9-7-24(8-10-33)23(34)31-22(32-24)17-4-5-20(26)21(14-17)37-25(27,28)29/h4-6,11-14,30H,7-10H2,1-3H3,(H,31,32,34). The van der Waals surface area contributed by atoms with Crippen LogP contribution in [0.2, 0.25) is 0 Å². The highest BCUT2D eigenvalue weighted by Crippen LogP contribution is 2.34. The number of piperidine rings is 1. The number of alkyl halides is 3. The van der Waals surface area contributed by atoms with E-state index in [4.69, 9.17) is 0 Å². The third kappa shape index (κ3) is 5.68. The van der Waals surface area contributed by atoms with Crippen LogP contribution in [0.25, 0.3) is 6.08 Å². The molecule has 2 aliphatic rings. The number of aliphatic imine (C=N–C) groups is 1. The van der Waals surface area contributed by atoms with Gasteiger partial charge < -0.3 is 15.4 Å². The van der Waals surface area contributed by atoms with Crippen LogP contribution in [-0.4, -0.2) is 56.5 Å². The molecular formula is C25H26F4N4O4S. The second kappa shape index (κ2) is 10.0. The molecule has 0 aromatic heterocycles. The van der Waals surface area contributed by atoms with Gasteiger partial charge in [-0.15, -0.1) is 13.2 Å². The number of nitrogens with zero attached hydrogens (tertiary/aromatic N) is 2. The average molecular weight is 555 g/mol. The van der Waals surface area contributed by atoms with Crippen LogP contribution in [0.1, 0.15) is 35.1 Å². The molecular weight excluding hydrogens is 528 g/mol. The van der Waals surface area contributed by atoms with Crippen molar-refractivity contribution in [1.29, 1.82) is 0 Å². The SMILES string of the molecule is CNc1cc(C)c(C=CS(=O)(=O)N2CCC3(CC2)N=C(c2ccc(F)c(OC(F)(F)F)c2)NC3=O)c(C)c1. The first kappa shape index (κ1) is 27.6. The van der Waals surface area contributed by atoms with Gasteiger partial charge in [-0.1, -0.05) is 0 Å². The Bertz CT molecular complexity index is 1410. The lowest BCUT2D eigenvalue weighted by Crippen LogP contribution is -2.50. The first-order chi connectivity index (χ1) is 17.7. The topological polar surface area (TPSA) is 100 Å². The second-order valence-electron chi connectivity index (χ2n) is 9.16. The number of aryl methyl sites for hydroxylation is 2. The number of amides is 1. The maximum absolute atomic E-state index is 13.8. The first-order valence-electron chi connectivity index (χ1n) is 11.7. The monoisotopic (exact) mass is 554 g/mol. The van der Waals surface area contributed by atoms with E-state index in [1.54, 1.807) is 13.1 Å². The molecule has 1 fully saturated rings. The number of rotatable bonds is 6. The molecule has 38 heavy (non-hydrogen) atoms. The molecule has 1 spiro atoms. The van der Waals surface area contributed by atoms with Crippen molar-refractivity contribution < 1.29 is 35.5 Å². The van der Waals surface area contributed by atoms with Gasteiger partial charge in [0, 0.05) is 36.8 Å². The van der Waals surface area contributed by atoms with Gasteiger partial charge in [-0.3, -0.25) is 9.79 Å². The van der Waals surface area contributed by atoms with E-state index < -0.39 is 39.4 Å². The van der Waals surface area contributed by atoms with Crippen LogP contribution in [0.3, 0.4) is 0 Å². The molecule has 0 atom stereocenters. The number of hydrogen-bond acceptors (Lipinski definition) is 6. The predicted octanol–water partition coefficient (Wildman–Crippen LogP) is 4.09. The number of nitrogens with one attached hydrogen (secondary N) is 2. The van der Waals surface area contributed by atoms with Crippen molar-refractivity contribution in [1.82, 2.24) is 9.62 Å². The van der Waals surface area contributed by atoms with Gasteiger partial charge in [-0.2, -0.15) is 4.31 Å². The number of ether oxygens (including phenoxy) is 1. The molecule has 0 radical (unpaired) electrons. The van der Waals surface area contributed by atoms with Crippen molar-refractivity contribution in [2.75, 3.05) is 25.5 Å². The molecule has 4 rings (SSSR count). The Balaban J connectivity index is 1.50. The first-order valence-corrected chi connectivity index (χ1v) is 13.2. The highest BCUT2D eigenvalue weighted by molar-refractivity contribution is 7.92. The van der Waals surface area contributed by atoms with Crippen LogP contribution in [0.5, 0.6) is 5.75 Å². The quantitative estimate of drug-likeness (QED) is 0.524. The summed E-state index contributed by atoms with van der Waals surface area (Å²) in [4.78, 5) is 17.2. The van der Waals surface area contributed by atoms with Crippen molar-refractivity contribution in [2.45, 2.75) is 38.6 Å². The highest BCUT2D eigenvalue weighted by Gasteiger charge is 2.47. The lowest BCUT2D eigenvalue weighted by Gasteiger charge is -2.34. The van der Waals surface area contributed by atoms with E-state index >= 15 is 0 Å². The summed E-state index contributed by atoms with van der Waals surface area (Å²) in [6.07, 6.45) is -3.41. The summed E-state index contributed by atoms with van der Waals surface area (Å²) in [5.74, 6) is -2.81. The van der Waals surface area contributed by atoms with Gasteiger partial charge in [0.1, 0.15) is 11.4 Å². The molecule has 2 aromatic rings. The van der Waals surface area contributed by atoms with Gasteiger partial charge in [0.15, 0.2) is 11.6 Å². The van der Waals surface area contributed by atoms with Gasteiger partial charge >= 0.3 is 6.36 Å². The minimum Gasteiger partial charge on any atom is -0.403 e. The Hall–Kier alpha value is -3.45. The fraction of sp³-hybridized carbons (Fsp3) is 0.360. The summed E-state index contributed by atoms with van der Waals surface area (Å²) >= 11 is 0. The summed E-state index contributed by atoms with van der Waals surface area (Å²) in [5.41, 5.74) is 2.28. The number of benzene rings is 2. The predicted molar refractivity (Wildman–Crippen MR) is 135 cm³/mol. The zero-order valence-corrected chi connectivity index (χ0v) is 21.6. The van der Waals surface area contributed by atoms with Crippen LogP contribution in [0, 0.1) is 19.7 Å². The lowest BCUT2D eigenvalue weighted by molar-refractivity contribution is -0.275. The molecule has 2 N–H and O–H groups in total. The number of anilines is 1. The van der Waals surface area contributed by atoms with Crippen molar-refractivity contribution >= 4 is 33.5 Å². The maximum Gasteiger partial charge on any atom is 0.573 e. The van der Waals surface area contributed by atoms with Crippen molar-refractivity contribution in [2.24, 2.45) is 4.99 Å². The molecule has 204 valence electrons. The van der Waals surface area contributed by atoms with E-state index in [1.807, 2.05) is 26.0 Å². The molecule has 0 saturated carbocycles. The molecule has 1 amide bonds. The Morgan fingerprint density at radius 2 is 1.76 bits per heavy atom. The lowest BCUT2D eigenvalue weighted by atomic mass is 9.89. The Morgan fingerprint density at radius 3 is 2.34 bits per heavy atom. The molecule has 0 unspecified atom stereocenters. The Morgan fingerprint density at radius 1 is 1.13 bits per heavy atom. The van der Waals surface area contributed by atoms with Crippen LogP contribution < -0.4 is 15.4 Å². The molecule has 2 aliphatic heterocycles. The largest absolute Gasteiger partial charge is 0.573 e. The molecule has 0 aliphatic carbocycles. The zero-order valence-electron chi connectivity index (χ0n) is 20.8. The van der Waals surface area contributed by atoms with E-state index in [9.17, 15) is 30.8 Å². The van der Waals surface area contributed by atoms with Crippen molar-refractivity contribution in [3.8, 4) is 5.75 Å². The van der Waals surface area contributed by atoms with Crippen molar-refractivity contribution in [3.63, 3.8) is 0 Å². The van der Waals surface area contributed by atoms with E-state index in [1.165, 1.54) is 10.4 Å². The summed E-state index contributed by atoms with van der Waals surface area (Å²) in [7, 11) is -2.00. The normalized spacial score (nSPS) is 18.1. The molecule has 2 heterocycles. The van der Waals surface area contributed by atoms with Gasteiger partial charge in [-0.25, -0.2) is 12.8 Å². The molecule has 1 saturated heterocycles. The average Bonchev–Trinajstić information content (AvgIpc) is 3.14. The summed E-state index contributed by atoms with van der Waals surface area (Å²) in [5, 5.41) is 6.72. The Kier molecular flexibility index (Phi) is 7.28. The minimum absolute atomic E-state index is 0.0133. The molecule has 13 heteroatoms. The number of sulfonamides is 1. The summed E-state index contributed by atoms with van der Waals surface area (Å²) in [6, 6.07) is 6.59. The smallest absolute Gasteiger partial charge is 0.403 e. The van der Waals surface area contributed by atoms with E-state index in [0.29, 0.717) is 0 Å². The van der Waals surface area contributed by atoms with Crippen molar-refractivity contribution in [3.05, 3.63) is 63.8 Å². The van der Waals surface area contributed by atoms with E-state index in [2.05, 4.69) is 20.4 Å². The fourth-order valence-electron chi connectivity index (χ4n) is 4.58. The van der Waals surface area contributed by atoms with Crippen LogP contribution in [0.4, 0.5) is 23.2 Å². The second-order valence-corrected chi connectivity index (χ2v) is 11.0. The maximum atomic E-state index is 13.8. The number of halogens is 4. The third-order valence-electron chi connectivity index (χ3n) is 6.61. The van der Waals surface area contributed by atoms with Gasteiger partial charge in [0.25, 0.3) is 5.91 Å². The summed E-state index contributed by atoms with van der Waals surface area (Å²) < 4.78 is 82.5. The third-order valence-corrected chi connectivity index (χ3v) is 8.17. The number of carbonyl (C=O) groups excluding carboxylic acids is 1. The minimum atomic E-state index is -5.10. The number of carbonyl (C=O) groups is 1. The highest BCUT2D eigenvalue weighted by atomic mass is 32.2. The van der Waals surface area contributed by atoms with E-state index in [0.717, 1.165) is 39.9 Å². The van der Waals surface area contributed by atoms with Crippen LogP contribution in [-0.2, 0) is 14.8 Å². The zero-order chi connectivity index (χ0) is 27.9. The Labute approximate surface area is 217 Å². The van der Waals surface area contributed by atoms with E-state index in [-0.39, 0.29) is 37.3 Å². The van der Waals surface area contributed by atoms with Gasteiger partial charge in [-0.05, 0) is 79.8 Å². The number of hydrogen-bond donors (Lipinski definition) is 2.